The second-order valence-electron chi connectivity index (χ2n) is 0.981. The van der Waals surface area contributed by atoms with Crippen LogP contribution in [0.4, 0.5) is 0 Å². The Bertz CT molecular complexity index is 189. The Labute approximate surface area is 49.5 Å². The Morgan fingerprint density at radius 3 is 2.75 bits per heavy atom. The first-order valence-corrected chi connectivity index (χ1v) is 2.07. The minimum atomic E-state index is 1.55. The van der Waals surface area contributed by atoms with Crippen molar-refractivity contribution >= 4 is 0 Å². The molecule has 0 heterocycles. The smallest absolute Gasteiger partial charge is 0.115 e. The molecular weight excluding hydrogens is 96.1 g/mol. The van der Waals surface area contributed by atoms with Gasteiger partial charge >= 0.3 is 0 Å². The van der Waals surface area contributed by atoms with Gasteiger partial charge in [0.2, 0.25) is 5.73 Å². The van der Waals surface area contributed by atoms with Gasteiger partial charge in [-0.25, -0.2) is 0 Å². The molecule has 0 N–H and O–H groups in total. The third-order valence-electron chi connectivity index (χ3n) is 0.455. The number of allylic oxidation sites excluding steroid dienone is 3. The molecule has 0 aromatic rings. The van der Waals surface area contributed by atoms with Gasteiger partial charge in [0.1, 0.15) is 6.58 Å². The molecule has 0 fully saturated rings. The van der Waals surface area contributed by atoms with Gasteiger partial charge in [-0.3, -0.25) is 0 Å². The second kappa shape index (κ2) is 5.51. The molecule has 0 heteroatoms. The van der Waals surface area contributed by atoms with Gasteiger partial charge < -0.3 is 0 Å². The maximum Gasteiger partial charge on any atom is 0.212 e. The zero-order valence-electron chi connectivity index (χ0n) is 4.39. The molecular formula is C8H5+. The standard InChI is InChI=1S/C8H5/c1-3-5-7-8-6-4-2/h1-2,5,7-8H/q+1. The highest BCUT2D eigenvalue weighted by molar-refractivity contribution is 5.14. The lowest BCUT2D eigenvalue weighted by atomic mass is 10.5. The number of terminal acetylenes is 1. The number of hydrogen-bond acceptors (Lipinski definition) is 0. The second-order valence-corrected chi connectivity index (χ2v) is 0.981. The van der Waals surface area contributed by atoms with E-state index in [4.69, 9.17) is 13.0 Å². The lowest BCUT2D eigenvalue weighted by Gasteiger charge is -1.53. The van der Waals surface area contributed by atoms with Crippen molar-refractivity contribution in [2.75, 3.05) is 0 Å². The van der Waals surface area contributed by atoms with Crippen LogP contribution < -0.4 is 0 Å². The maximum absolute atomic E-state index is 4.87. The fraction of sp³-hybridized carbons (Fsp3) is 0. The van der Waals surface area contributed by atoms with Crippen LogP contribution in [0.1, 0.15) is 0 Å². The first kappa shape index (κ1) is 6.51. The van der Waals surface area contributed by atoms with Gasteiger partial charge in [0, 0.05) is 0 Å². The normalized spacial score (nSPS) is 6.75. The van der Waals surface area contributed by atoms with E-state index in [2.05, 4.69) is 17.4 Å². The quantitative estimate of drug-likeness (QED) is 0.203. The zero-order valence-corrected chi connectivity index (χ0v) is 4.39. The third-order valence-corrected chi connectivity index (χ3v) is 0.455. The van der Waals surface area contributed by atoms with Gasteiger partial charge in [-0.1, -0.05) is 5.92 Å². The Balaban J connectivity index is 3.82. The van der Waals surface area contributed by atoms with Crippen LogP contribution in [0.2, 0.25) is 0 Å². The molecule has 8 heavy (non-hydrogen) atoms. The average Bonchev–Trinajstić information content (AvgIpc) is 1.81. The van der Waals surface area contributed by atoms with E-state index in [9.17, 15) is 0 Å². The van der Waals surface area contributed by atoms with Crippen molar-refractivity contribution in [3.8, 4) is 12.3 Å². The SMILES string of the molecule is C#CC=CC=C=C=[CH+]. The Hall–Kier alpha value is -1.49. The Morgan fingerprint density at radius 2 is 2.25 bits per heavy atom. The Morgan fingerprint density at radius 1 is 1.50 bits per heavy atom. The van der Waals surface area contributed by atoms with E-state index in [1.165, 1.54) is 0 Å². The van der Waals surface area contributed by atoms with Crippen molar-refractivity contribution < 1.29 is 0 Å². The summed E-state index contributed by atoms with van der Waals surface area (Å²) in [4.78, 5) is 0. The lowest BCUT2D eigenvalue weighted by Crippen LogP contribution is -1.41. The fourth-order valence-electron chi connectivity index (χ4n) is 0.200. The predicted molar refractivity (Wildman–Crippen MR) is 33.9 cm³/mol. The summed E-state index contributed by atoms with van der Waals surface area (Å²) in [6.07, 6.45) is 9.66. The van der Waals surface area contributed by atoms with Crippen LogP contribution in [0.15, 0.2) is 29.7 Å². The molecule has 36 valence electrons. The van der Waals surface area contributed by atoms with Gasteiger partial charge in [0.05, 0.1) is 6.08 Å². The molecule has 0 unspecified atom stereocenters. The molecule has 0 aromatic carbocycles. The van der Waals surface area contributed by atoms with E-state index in [0.29, 0.717) is 0 Å². The summed E-state index contributed by atoms with van der Waals surface area (Å²) in [6, 6.07) is 0. The van der Waals surface area contributed by atoms with E-state index >= 15 is 0 Å². The lowest BCUT2D eigenvalue weighted by molar-refractivity contribution is 2.01. The van der Waals surface area contributed by atoms with Crippen molar-refractivity contribution in [1.29, 1.82) is 0 Å². The van der Waals surface area contributed by atoms with Gasteiger partial charge in [0.25, 0.3) is 0 Å². The van der Waals surface area contributed by atoms with E-state index < -0.39 is 0 Å². The highest BCUT2D eigenvalue weighted by atomic mass is 13.6. The van der Waals surface area contributed by atoms with Crippen molar-refractivity contribution in [2.45, 2.75) is 0 Å². The zero-order chi connectivity index (χ0) is 6.24. The highest BCUT2D eigenvalue weighted by Gasteiger charge is 1.58. The number of hydrogen-bond donors (Lipinski definition) is 0. The van der Waals surface area contributed by atoms with Crippen LogP contribution in [0.5, 0.6) is 0 Å². The minimum Gasteiger partial charge on any atom is -0.115 e. The third kappa shape index (κ3) is 4.51. The molecule has 0 aliphatic heterocycles. The summed E-state index contributed by atoms with van der Waals surface area (Å²) < 4.78 is 0. The van der Waals surface area contributed by atoms with Crippen LogP contribution >= 0.6 is 0 Å². The van der Waals surface area contributed by atoms with Crippen molar-refractivity contribution in [1.82, 2.24) is 0 Å². The first-order chi connectivity index (χ1) is 3.91. The Kier molecular flexibility index (Phi) is 4.48. The summed E-state index contributed by atoms with van der Waals surface area (Å²) >= 11 is 0. The molecule has 0 radical (unpaired) electrons. The summed E-state index contributed by atoms with van der Waals surface area (Å²) in [6.45, 7) is 4.83. The molecule has 0 nitrogen and oxygen atoms in total. The van der Waals surface area contributed by atoms with E-state index in [1.54, 1.807) is 18.2 Å². The van der Waals surface area contributed by atoms with Crippen LogP contribution in [0.25, 0.3) is 0 Å². The van der Waals surface area contributed by atoms with Gasteiger partial charge in [-0.05, 0) is 12.2 Å². The highest BCUT2D eigenvalue weighted by Crippen LogP contribution is 1.68. The summed E-state index contributed by atoms with van der Waals surface area (Å²) in [5.74, 6) is 2.31. The van der Waals surface area contributed by atoms with Gasteiger partial charge in [0.15, 0.2) is 5.73 Å². The fourth-order valence-corrected chi connectivity index (χ4v) is 0.200. The molecule has 0 rings (SSSR count). The van der Waals surface area contributed by atoms with Crippen molar-refractivity contribution in [3.63, 3.8) is 0 Å². The first-order valence-electron chi connectivity index (χ1n) is 2.07. The molecule has 0 saturated carbocycles. The monoisotopic (exact) mass is 101 g/mol. The summed E-state index contributed by atoms with van der Waals surface area (Å²) in [5.41, 5.74) is 4.70. The largest absolute Gasteiger partial charge is 0.212 e. The van der Waals surface area contributed by atoms with Crippen LogP contribution in [-0.4, -0.2) is 0 Å². The minimum absolute atomic E-state index is 1.55. The maximum atomic E-state index is 4.87. The average molecular weight is 101 g/mol. The van der Waals surface area contributed by atoms with E-state index in [-0.39, 0.29) is 0 Å². The molecule has 0 atom stereocenters. The van der Waals surface area contributed by atoms with E-state index in [0.717, 1.165) is 0 Å². The van der Waals surface area contributed by atoms with Crippen molar-refractivity contribution in [3.05, 3.63) is 36.3 Å². The molecule has 0 spiro atoms. The molecule has 0 saturated heterocycles. The van der Waals surface area contributed by atoms with Crippen LogP contribution in [0.3, 0.4) is 0 Å². The van der Waals surface area contributed by atoms with Gasteiger partial charge in [-0.15, -0.1) is 6.42 Å². The van der Waals surface area contributed by atoms with Gasteiger partial charge in [-0.2, -0.15) is 0 Å². The summed E-state index contributed by atoms with van der Waals surface area (Å²) in [5, 5.41) is 0. The molecule has 0 aliphatic rings. The van der Waals surface area contributed by atoms with Crippen LogP contribution in [0, 0.1) is 18.9 Å². The number of rotatable bonds is 1. The molecule has 0 amide bonds. The molecule has 0 aliphatic carbocycles. The summed E-state index contributed by atoms with van der Waals surface area (Å²) in [7, 11) is 0. The van der Waals surface area contributed by atoms with E-state index in [1.807, 2.05) is 0 Å². The molecule has 0 bridgehead atoms. The van der Waals surface area contributed by atoms with Crippen molar-refractivity contribution in [2.24, 2.45) is 0 Å². The van der Waals surface area contributed by atoms with Crippen LogP contribution in [-0.2, 0) is 0 Å². The topological polar surface area (TPSA) is 0 Å². The molecule has 0 aromatic heterocycles. The predicted octanol–water partition coefficient (Wildman–Crippen LogP) is 1.48.